The van der Waals surface area contributed by atoms with Gasteiger partial charge in [-0.1, -0.05) is 50.1 Å². The highest BCUT2D eigenvalue weighted by Crippen LogP contribution is 2.38. The predicted octanol–water partition coefficient (Wildman–Crippen LogP) is 2.79. The van der Waals surface area contributed by atoms with E-state index in [1.165, 1.54) is 0 Å². The molecule has 2 fully saturated rings. The molecule has 3 atom stereocenters. The van der Waals surface area contributed by atoms with Crippen LogP contribution in [0.2, 0.25) is 0 Å². The molecule has 1 N–H and O–H groups in total. The number of carbonyl (C=O) groups is 3. The number of benzene rings is 1. The van der Waals surface area contributed by atoms with Gasteiger partial charge >= 0.3 is 12.0 Å². The Bertz CT molecular complexity index is 675. The summed E-state index contributed by atoms with van der Waals surface area (Å²) in [6.07, 6.45) is 3.06. The molecule has 0 aromatic heterocycles. The fourth-order valence-corrected chi connectivity index (χ4v) is 3.79. The zero-order valence-electron chi connectivity index (χ0n) is 14.7. The maximum absolute atomic E-state index is 12.8. The molecule has 0 radical (unpaired) electrons. The van der Waals surface area contributed by atoms with Crippen LogP contribution in [0.4, 0.5) is 4.79 Å². The quantitative estimate of drug-likeness (QED) is 0.673. The zero-order chi connectivity index (χ0) is 18.0. The molecule has 1 saturated heterocycles. The summed E-state index contributed by atoms with van der Waals surface area (Å²) in [6.45, 7) is 3.40. The first-order chi connectivity index (χ1) is 11.9. The van der Waals surface area contributed by atoms with Gasteiger partial charge in [-0.05, 0) is 31.2 Å². The average molecular weight is 344 g/mol. The molecule has 1 aliphatic heterocycles. The van der Waals surface area contributed by atoms with Gasteiger partial charge < -0.3 is 10.1 Å². The molecule has 6 nitrogen and oxygen atoms in total. The number of hydrogen-bond acceptors (Lipinski definition) is 4. The maximum Gasteiger partial charge on any atom is 0.326 e. The van der Waals surface area contributed by atoms with Gasteiger partial charge in [-0.25, -0.2) is 4.79 Å². The number of esters is 1. The summed E-state index contributed by atoms with van der Waals surface area (Å²) in [7, 11) is 0. The number of rotatable bonds is 4. The Hall–Kier alpha value is -2.37. The molecule has 1 spiro atoms. The zero-order valence-corrected chi connectivity index (χ0v) is 14.7. The molecular weight excluding hydrogens is 320 g/mol. The van der Waals surface area contributed by atoms with Gasteiger partial charge in [0.1, 0.15) is 18.2 Å². The molecule has 1 heterocycles. The number of hydrogen-bond donors (Lipinski definition) is 1. The van der Waals surface area contributed by atoms with Crippen molar-refractivity contribution in [1.29, 1.82) is 0 Å². The van der Waals surface area contributed by atoms with Crippen LogP contribution >= 0.6 is 0 Å². The van der Waals surface area contributed by atoms with Crippen LogP contribution in [0.25, 0.3) is 0 Å². The molecule has 134 valence electrons. The Morgan fingerprint density at radius 2 is 2.04 bits per heavy atom. The van der Waals surface area contributed by atoms with Gasteiger partial charge in [0.05, 0.1) is 0 Å². The molecule has 1 aromatic rings. The van der Waals surface area contributed by atoms with Crippen molar-refractivity contribution in [2.45, 2.75) is 51.2 Å². The summed E-state index contributed by atoms with van der Waals surface area (Å²) in [5.74, 6) is -0.809. The van der Waals surface area contributed by atoms with Gasteiger partial charge in [0, 0.05) is 0 Å². The van der Waals surface area contributed by atoms with Gasteiger partial charge in [-0.3, -0.25) is 14.5 Å². The van der Waals surface area contributed by atoms with Crippen LogP contribution in [-0.4, -0.2) is 34.9 Å². The minimum absolute atomic E-state index is 0.0713. The van der Waals surface area contributed by atoms with Crippen molar-refractivity contribution < 1.29 is 19.1 Å². The van der Waals surface area contributed by atoms with E-state index in [4.69, 9.17) is 4.74 Å². The average Bonchev–Trinajstić information content (AvgIpc) is 2.83. The number of imide groups is 1. The minimum Gasteiger partial charge on any atom is -0.456 e. The summed E-state index contributed by atoms with van der Waals surface area (Å²) in [6, 6.07) is 8.85. The predicted molar refractivity (Wildman–Crippen MR) is 91.6 cm³/mol. The normalized spacial score (nSPS) is 27.3. The summed E-state index contributed by atoms with van der Waals surface area (Å²) in [5.41, 5.74) is 0.0196. The number of amides is 3. The summed E-state index contributed by atoms with van der Waals surface area (Å²) in [4.78, 5) is 38.3. The number of nitrogens with zero attached hydrogens (tertiary/aromatic N) is 1. The smallest absolute Gasteiger partial charge is 0.326 e. The SMILES string of the molecule is C[C@H](OC(=O)CN1C(=O)N[C@]2(CCCC[C@@H]2C)C1=O)c1ccccc1. The Morgan fingerprint density at radius 3 is 2.72 bits per heavy atom. The van der Waals surface area contributed by atoms with Crippen LogP contribution in [0.1, 0.15) is 51.2 Å². The van der Waals surface area contributed by atoms with Gasteiger partial charge in [0.15, 0.2) is 0 Å². The van der Waals surface area contributed by atoms with Crippen LogP contribution in [-0.2, 0) is 14.3 Å². The Morgan fingerprint density at radius 1 is 1.32 bits per heavy atom. The van der Waals surface area contributed by atoms with Crippen molar-refractivity contribution >= 4 is 17.9 Å². The third kappa shape index (κ3) is 3.25. The largest absolute Gasteiger partial charge is 0.456 e. The second kappa shape index (κ2) is 6.86. The topological polar surface area (TPSA) is 75.7 Å². The molecule has 25 heavy (non-hydrogen) atoms. The van der Waals surface area contributed by atoms with E-state index >= 15 is 0 Å². The third-order valence-corrected chi connectivity index (χ3v) is 5.37. The summed E-state index contributed by atoms with van der Waals surface area (Å²) >= 11 is 0. The van der Waals surface area contributed by atoms with E-state index in [2.05, 4.69) is 5.32 Å². The minimum atomic E-state index is -0.847. The first-order valence-corrected chi connectivity index (χ1v) is 8.82. The van der Waals surface area contributed by atoms with Gasteiger partial charge in [-0.15, -0.1) is 0 Å². The standard InChI is InChI=1S/C19H24N2O4/c1-13-8-6-7-11-19(13)17(23)21(18(24)20-19)12-16(22)25-14(2)15-9-4-3-5-10-15/h3-5,9-10,13-14H,6-8,11-12H2,1-2H3,(H,20,24)/t13-,14-,19-/m0/s1. The molecule has 3 amide bonds. The fraction of sp³-hybridized carbons (Fsp3) is 0.526. The Balaban J connectivity index is 1.65. The van der Waals surface area contributed by atoms with Gasteiger partial charge in [-0.2, -0.15) is 0 Å². The van der Waals surface area contributed by atoms with Crippen molar-refractivity contribution in [3.8, 4) is 0 Å². The second-order valence-electron chi connectivity index (χ2n) is 6.98. The molecule has 1 aliphatic carbocycles. The summed E-state index contributed by atoms with van der Waals surface area (Å²) < 4.78 is 5.38. The fourth-order valence-electron chi connectivity index (χ4n) is 3.79. The third-order valence-electron chi connectivity index (χ3n) is 5.37. The van der Waals surface area contributed by atoms with E-state index in [0.717, 1.165) is 29.7 Å². The van der Waals surface area contributed by atoms with Crippen molar-refractivity contribution in [3.05, 3.63) is 35.9 Å². The molecule has 3 rings (SSSR count). The highest BCUT2D eigenvalue weighted by atomic mass is 16.5. The van der Waals surface area contributed by atoms with Crippen molar-refractivity contribution in [3.63, 3.8) is 0 Å². The molecular formula is C19H24N2O4. The lowest BCUT2D eigenvalue weighted by molar-refractivity contribution is -0.152. The Labute approximate surface area is 147 Å². The lowest BCUT2D eigenvalue weighted by atomic mass is 9.73. The van der Waals surface area contributed by atoms with Gasteiger partial charge in [0.2, 0.25) is 0 Å². The van der Waals surface area contributed by atoms with Gasteiger partial charge in [0.25, 0.3) is 5.91 Å². The molecule has 0 unspecified atom stereocenters. The van der Waals surface area contributed by atoms with Crippen LogP contribution in [0.5, 0.6) is 0 Å². The molecule has 0 bridgehead atoms. The lowest BCUT2D eigenvalue weighted by Gasteiger charge is -2.36. The molecule has 6 heteroatoms. The number of urea groups is 1. The van der Waals surface area contributed by atoms with Crippen LogP contribution in [0.15, 0.2) is 30.3 Å². The van der Waals surface area contributed by atoms with Crippen molar-refractivity contribution in [1.82, 2.24) is 10.2 Å². The van der Waals surface area contributed by atoms with Crippen molar-refractivity contribution in [2.75, 3.05) is 6.54 Å². The first-order valence-electron chi connectivity index (χ1n) is 8.82. The van der Waals surface area contributed by atoms with E-state index in [1.807, 2.05) is 37.3 Å². The molecule has 1 saturated carbocycles. The van der Waals surface area contributed by atoms with E-state index in [9.17, 15) is 14.4 Å². The van der Waals surface area contributed by atoms with E-state index in [1.54, 1.807) is 6.92 Å². The highest BCUT2D eigenvalue weighted by molar-refractivity contribution is 6.08. The van der Waals surface area contributed by atoms with E-state index in [-0.39, 0.29) is 18.4 Å². The first kappa shape index (κ1) is 17.5. The lowest BCUT2D eigenvalue weighted by Crippen LogP contribution is -2.54. The Kier molecular flexibility index (Phi) is 4.79. The number of ether oxygens (including phenoxy) is 1. The second-order valence-corrected chi connectivity index (χ2v) is 6.98. The van der Waals surface area contributed by atoms with E-state index in [0.29, 0.717) is 6.42 Å². The highest BCUT2D eigenvalue weighted by Gasteiger charge is 2.55. The summed E-state index contributed by atoms with van der Waals surface area (Å²) in [5, 5.41) is 2.84. The molecule has 2 aliphatic rings. The number of nitrogens with one attached hydrogen (secondary N) is 1. The van der Waals surface area contributed by atoms with Crippen LogP contribution in [0, 0.1) is 5.92 Å². The maximum atomic E-state index is 12.8. The molecule has 1 aromatic carbocycles. The van der Waals surface area contributed by atoms with Crippen molar-refractivity contribution in [2.24, 2.45) is 5.92 Å². The monoisotopic (exact) mass is 344 g/mol. The van der Waals surface area contributed by atoms with E-state index < -0.39 is 23.6 Å². The van der Waals surface area contributed by atoms with Crippen LogP contribution < -0.4 is 5.32 Å². The number of carbonyl (C=O) groups excluding carboxylic acids is 3. The van der Waals surface area contributed by atoms with Crippen LogP contribution in [0.3, 0.4) is 0 Å².